The Morgan fingerprint density at radius 1 is 1.32 bits per heavy atom. The zero-order valence-corrected chi connectivity index (χ0v) is 14.6. The Bertz CT molecular complexity index is 775. The first-order chi connectivity index (χ1) is 11.9. The van der Waals surface area contributed by atoms with Crippen molar-refractivity contribution in [1.29, 1.82) is 0 Å². The van der Waals surface area contributed by atoms with E-state index in [2.05, 4.69) is 9.97 Å². The maximum Gasteiger partial charge on any atom is 0.232 e. The lowest BCUT2D eigenvalue weighted by molar-refractivity contribution is -0.141. The molecule has 25 heavy (non-hydrogen) atoms. The summed E-state index contributed by atoms with van der Waals surface area (Å²) >= 11 is 0. The molecule has 0 spiro atoms. The first-order valence-electron chi connectivity index (χ1n) is 8.02. The molecule has 3 rings (SSSR count). The van der Waals surface area contributed by atoms with Crippen molar-refractivity contribution in [2.24, 2.45) is 5.41 Å². The molecule has 7 heteroatoms. The Balaban J connectivity index is 1.84. The SMILES string of the molecule is COc1ccnc(N2CC(Cc3ccccc3F)(C(=O)N(C)C)C2)n1. The summed E-state index contributed by atoms with van der Waals surface area (Å²) in [7, 11) is 4.98. The number of anilines is 1. The number of carbonyl (C=O) groups excluding carboxylic acids is 1. The van der Waals surface area contributed by atoms with Crippen LogP contribution in [-0.4, -0.2) is 55.1 Å². The number of benzene rings is 1. The van der Waals surface area contributed by atoms with Crippen LogP contribution in [-0.2, 0) is 11.2 Å². The standard InChI is InChI=1S/C18H21FN4O2/c1-22(2)16(24)18(10-13-6-4-5-7-14(13)19)11-23(12-18)17-20-9-8-15(21-17)25-3/h4-9H,10-12H2,1-3H3. The second-order valence-electron chi connectivity index (χ2n) is 6.50. The Kier molecular flexibility index (Phi) is 4.57. The van der Waals surface area contributed by atoms with Crippen molar-refractivity contribution < 1.29 is 13.9 Å². The van der Waals surface area contributed by atoms with Gasteiger partial charge in [-0.25, -0.2) is 9.37 Å². The molecule has 0 bridgehead atoms. The number of amides is 1. The largest absolute Gasteiger partial charge is 0.481 e. The van der Waals surface area contributed by atoms with Crippen LogP contribution in [0.2, 0.25) is 0 Å². The van der Waals surface area contributed by atoms with Crippen molar-refractivity contribution in [3.8, 4) is 5.88 Å². The Morgan fingerprint density at radius 2 is 2.04 bits per heavy atom. The zero-order valence-electron chi connectivity index (χ0n) is 14.6. The summed E-state index contributed by atoms with van der Waals surface area (Å²) in [6.07, 6.45) is 1.96. The van der Waals surface area contributed by atoms with Crippen LogP contribution >= 0.6 is 0 Å². The highest BCUT2D eigenvalue weighted by molar-refractivity contribution is 5.86. The van der Waals surface area contributed by atoms with E-state index in [1.54, 1.807) is 56.6 Å². The van der Waals surface area contributed by atoms with Gasteiger partial charge in [-0.3, -0.25) is 4.79 Å². The molecule has 0 N–H and O–H groups in total. The van der Waals surface area contributed by atoms with E-state index < -0.39 is 5.41 Å². The van der Waals surface area contributed by atoms with E-state index in [1.807, 2.05) is 4.90 Å². The third-order valence-electron chi connectivity index (χ3n) is 4.44. The molecule has 1 saturated heterocycles. The summed E-state index contributed by atoms with van der Waals surface area (Å²) in [6.45, 7) is 0.872. The molecule has 0 radical (unpaired) electrons. The number of aromatic nitrogens is 2. The highest BCUT2D eigenvalue weighted by Crippen LogP contribution is 2.38. The first kappa shape index (κ1) is 17.1. The van der Waals surface area contributed by atoms with Crippen molar-refractivity contribution in [2.75, 3.05) is 39.2 Å². The zero-order chi connectivity index (χ0) is 18.0. The Hall–Kier alpha value is -2.70. The van der Waals surface area contributed by atoms with E-state index in [1.165, 1.54) is 6.07 Å². The second kappa shape index (κ2) is 6.66. The number of hydrogen-bond acceptors (Lipinski definition) is 5. The molecule has 1 aliphatic rings. The summed E-state index contributed by atoms with van der Waals surface area (Å²) in [5.41, 5.74) is -0.137. The maximum atomic E-state index is 14.1. The lowest BCUT2D eigenvalue weighted by Crippen LogP contribution is -2.64. The van der Waals surface area contributed by atoms with E-state index in [0.29, 0.717) is 36.9 Å². The van der Waals surface area contributed by atoms with Gasteiger partial charge in [0.25, 0.3) is 0 Å². The highest BCUT2D eigenvalue weighted by atomic mass is 19.1. The fourth-order valence-corrected chi connectivity index (χ4v) is 3.23. The molecule has 2 heterocycles. The van der Waals surface area contributed by atoms with Gasteiger partial charge in [-0.05, 0) is 18.1 Å². The lowest BCUT2D eigenvalue weighted by Gasteiger charge is -2.49. The molecule has 0 saturated carbocycles. The van der Waals surface area contributed by atoms with Crippen molar-refractivity contribution in [3.05, 3.63) is 47.9 Å². The average molecular weight is 344 g/mol. The van der Waals surface area contributed by atoms with Crippen LogP contribution in [0.1, 0.15) is 5.56 Å². The van der Waals surface area contributed by atoms with Crippen LogP contribution in [0.25, 0.3) is 0 Å². The lowest BCUT2D eigenvalue weighted by atomic mass is 9.73. The summed E-state index contributed by atoms with van der Waals surface area (Å²) < 4.78 is 19.2. The second-order valence-corrected chi connectivity index (χ2v) is 6.50. The summed E-state index contributed by atoms with van der Waals surface area (Å²) in [5.74, 6) is 0.671. The minimum absolute atomic E-state index is 0.0186. The van der Waals surface area contributed by atoms with Crippen LogP contribution in [0, 0.1) is 11.2 Å². The van der Waals surface area contributed by atoms with E-state index in [4.69, 9.17) is 4.74 Å². The average Bonchev–Trinajstić information content (AvgIpc) is 2.58. The normalized spacial score (nSPS) is 15.4. The van der Waals surface area contributed by atoms with Crippen LogP contribution in [0.4, 0.5) is 10.3 Å². The number of methoxy groups -OCH3 is 1. The van der Waals surface area contributed by atoms with Gasteiger partial charge in [0.2, 0.25) is 17.7 Å². The fraction of sp³-hybridized carbons (Fsp3) is 0.389. The van der Waals surface area contributed by atoms with Crippen LogP contribution in [0.3, 0.4) is 0 Å². The number of carbonyl (C=O) groups is 1. The van der Waals surface area contributed by atoms with Gasteiger partial charge in [-0.15, -0.1) is 0 Å². The number of ether oxygens (including phenoxy) is 1. The number of nitrogens with zero attached hydrogens (tertiary/aromatic N) is 4. The molecule has 1 aromatic heterocycles. The van der Waals surface area contributed by atoms with Crippen LogP contribution in [0.5, 0.6) is 5.88 Å². The van der Waals surface area contributed by atoms with Gasteiger partial charge >= 0.3 is 0 Å². The first-order valence-corrected chi connectivity index (χ1v) is 8.02. The molecule has 1 aliphatic heterocycles. The molecule has 1 amide bonds. The summed E-state index contributed by atoms with van der Waals surface area (Å²) in [6, 6.07) is 8.25. The number of rotatable bonds is 5. The molecule has 1 fully saturated rings. The van der Waals surface area contributed by atoms with Crippen molar-refractivity contribution in [1.82, 2.24) is 14.9 Å². The monoisotopic (exact) mass is 344 g/mol. The summed E-state index contributed by atoms with van der Waals surface area (Å²) in [4.78, 5) is 24.8. The third-order valence-corrected chi connectivity index (χ3v) is 4.44. The van der Waals surface area contributed by atoms with E-state index in [0.717, 1.165) is 0 Å². The van der Waals surface area contributed by atoms with Gasteiger partial charge in [0, 0.05) is 39.4 Å². The quantitative estimate of drug-likeness (QED) is 0.827. The predicted octanol–water partition coefficient (Wildman–Crippen LogP) is 1.76. The van der Waals surface area contributed by atoms with E-state index in [9.17, 15) is 9.18 Å². The minimum atomic E-state index is -0.682. The van der Waals surface area contributed by atoms with Gasteiger partial charge in [-0.2, -0.15) is 4.98 Å². The van der Waals surface area contributed by atoms with E-state index in [-0.39, 0.29) is 11.7 Å². The number of halogens is 1. The summed E-state index contributed by atoms with van der Waals surface area (Å²) in [5, 5.41) is 0. The van der Waals surface area contributed by atoms with Crippen molar-refractivity contribution in [2.45, 2.75) is 6.42 Å². The highest BCUT2D eigenvalue weighted by Gasteiger charge is 2.51. The van der Waals surface area contributed by atoms with Gasteiger partial charge in [-0.1, -0.05) is 18.2 Å². The third kappa shape index (κ3) is 3.26. The topological polar surface area (TPSA) is 58.6 Å². The smallest absolute Gasteiger partial charge is 0.232 e. The molecule has 0 unspecified atom stereocenters. The van der Waals surface area contributed by atoms with E-state index >= 15 is 0 Å². The maximum absolute atomic E-state index is 14.1. The van der Waals surface area contributed by atoms with Gasteiger partial charge < -0.3 is 14.5 Å². The predicted molar refractivity (Wildman–Crippen MR) is 92.0 cm³/mol. The Morgan fingerprint density at radius 3 is 2.68 bits per heavy atom. The molecular weight excluding hydrogens is 323 g/mol. The molecule has 0 atom stereocenters. The van der Waals surface area contributed by atoms with Gasteiger partial charge in [0.05, 0.1) is 12.5 Å². The van der Waals surface area contributed by atoms with Crippen LogP contribution < -0.4 is 9.64 Å². The number of hydrogen-bond donors (Lipinski definition) is 0. The van der Waals surface area contributed by atoms with Crippen molar-refractivity contribution >= 4 is 11.9 Å². The fourth-order valence-electron chi connectivity index (χ4n) is 3.23. The Labute approximate surface area is 146 Å². The minimum Gasteiger partial charge on any atom is -0.481 e. The molecule has 2 aromatic rings. The van der Waals surface area contributed by atoms with Crippen LogP contribution in [0.15, 0.2) is 36.5 Å². The molecule has 132 valence electrons. The molecular formula is C18H21FN4O2. The molecule has 1 aromatic carbocycles. The molecule has 6 nitrogen and oxygen atoms in total. The van der Waals surface area contributed by atoms with Crippen molar-refractivity contribution in [3.63, 3.8) is 0 Å². The van der Waals surface area contributed by atoms with Gasteiger partial charge in [0.15, 0.2) is 0 Å². The van der Waals surface area contributed by atoms with Gasteiger partial charge in [0.1, 0.15) is 5.82 Å². The molecule has 0 aliphatic carbocycles.